The van der Waals surface area contributed by atoms with Gasteiger partial charge in [-0.05, 0) is 71.3 Å². The minimum Gasteiger partial charge on any atom is -0.405 e. The molecular weight excluding hydrogens is 432 g/mol. The Labute approximate surface area is 184 Å². The third-order valence-corrected chi connectivity index (χ3v) is 7.25. The molecule has 3 aromatic carbocycles. The van der Waals surface area contributed by atoms with Crippen molar-refractivity contribution in [2.75, 3.05) is 12.5 Å². The topological polar surface area (TPSA) is 120 Å². The van der Waals surface area contributed by atoms with Gasteiger partial charge >= 0.3 is 0 Å². The minimum atomic E-state index is -3.21. The summed E-state index contributed by atoms with van der Waals surface area (Å²) < 4.78 is 46.0. The van der Waals surface area contributed by atoms with Gasteiger partial charge in [0.1, 0.15) is 0 Å². The zero-order chi connectivity index (χ0) is 23.4. The predicted octanol–water partition coefficient (Wildman–Crippen LogP) is 3.34. The van der Waals surface area contributed by atoms with Crippen LogP contribution in [0.1, 0.15) is 22.3 Å². The standard InChI is InChI=1S/C12H12O2S.C11H16N2O2S/c1-9-7-10-5-3-4-6-11(10)8-12(9)15(2,13)14;1-8-5-10(7-13)9(3-4-12)6-11(8)16(2,14)15/h3-8H,1-2H3;3-6H,7,12-13H2,1-2H3/b;4-3-. The molecule has 0 unspecified atom stereocenters. The first kappa shape index (κ1) is 24.6. The van der Waals surface area contributed by atoms with Gasteiger partial charge in [-0.1, -0.05) is 36.4 Å². The van der Waals surface area contributed by atoms with E-state index in [4.69, 9.17) is 11.5 Å². The fraction of sp³-hybridized carbons (Fsp3) is 0.217. The van der Waals surface area contributed by atoms with Crippen LogP contribution in [0, 0.1) is 13.8 Å². The summed E-state index contributed by atoms with van der Waals surface area (Å²) in [4.78, 5) is 0.735. The van der Waals surface area contributed by atoms with E-state index in [-0.39, 0.29) is 0 Å². The molecule has 0 heterocycles. The van der Waals surface area contributed by atoms with Gasteiger partial charge < -0.3 is 11.5 Å². The molecule has 0 bridgehead atoms. The van der Waals surface area contributed by atoms with Crippen LogP contribution in [0.5, 0.6) is 0 Å². The lowest BCUT2D eigenvalue weighted by Crippen LogP contribution is -2.05. The first-order valence-corrected chi connectivity index (χ1v) is 13.3. The summed E-state index contributed by atoms with van der Waals surface area (Å²) in [6.07, 6.45) is 5.45. The van der Waals surface area contributed by atoms with Gasteiger partial charge in [0.25, 0.3) is 0 Å². The molecule has 166 valence electrons. The highest BCUT2D eigenvalue weighted by Crippen LogP contribution is 2.23. The van der Waals surface area contributed by atoms with Crippen molar-refractivity contribution in [3.05, 3.63) is 77.0 Å². The first-order chi connectivity index (χ1) is 14.4. The first-order valence-electron chi connectivity index (χ1n) is 9.50. The molecule has 0 aliphatic rings. The Morgan fingerprint density at radius 2 is 1.29 bits per heavy atom. The maximum Gasteiger partial charge on any atom is 0.175 e. The fourth-order valence-corrected chi connectivity index (χ4v) is 5.30. The van der Waals surface area contributed by atoms with Crippen molar-refractivity contribution in [3.63, 3.8) is 0 Å². The Kier molecular flexibility index (Phi) is 7.64. The maximum absolute atomic E-state index is 11.5. The molecule has 0 saturated heterocycles. The summed E-state index contributed by atoms with van der Waals surface area (Å²) >= 11 is 0. The zero-order valence-electron chi connectivity index (χ0n) is 18.1. The number of fused-ring (bicyclic) bond motifs is 1. The molecule has 0 aliphatic carbocycles. The van der Waals surface area contributed by atoms with Crippen molar-refractivity contribution >= 4 is 36.5 Å². The molecule has 4 N–H and O–H groups in total. The summed E-state index contributed by atoms with van der Waals surface area (Å²) in [7, 11) is -6.34. The van der Waals surface area contributed by atoms with E-state index >= 15 is 0 Å². The van der Waals surface area contributed by atoms with E-state index in [1.165, 1.54) is 18.7 Å². The summed E-state index contributed by atoms with van der Waals surface area (Å²) in [5.74, 6) is 0. The van der Waals surface area contributed by atoms with Crippen molar-refractivity contribution < 1.29 is 16.8 Å². The highest BCUT2D eigenvalue weighted by atomic mass is 32.2. The number of hydrogen-bond acceptors (Lipinski definition) is 6. The number of benzene rings is 3. The Morgan fingerprint density at radius 3 is 1.77 bits per heavy atom. The molecule has 0 atom stereocenters. The van der Waals surface area contributed by atoms with Crippen LogP contribution in [0.4, 0.5) is 0 Å². The second kappa shape index (κ2) is 9.64. The van der Waals surface area contributed by atoms with Gasteiger partial charge in [-0.25, -0.2) is 16.8 Å². The summed E-state index contributed by atoms with van der Waals surface area (Å²) in [6, 6.07) is 14.8. The van der Waals surface area contributed by atoms with E-state index in [1.807, 2.05) is 37.3 Å². The molecule has 0 aromatic heterocycles. The minimum absolute atomic E-state index is 0.317. The number of hydrogen-bond donors (Lipinski definition) is 2. The van der Waals surface area contributed by atoms with Crippen LogP contribution < -0.4 is 11.5 Å². The average Bonchev–Trinajstić information content (AvgIpc) is 2.67. The largest absolute Gasteiger partial charge is 0.405 e. The van der Waals surface area contributed by atoms with Crippen molar-refractivity contribution in [3.8, 4) is 0 Å². The van der Waals surface area contributed by atoms with E-state index in [2.05, 4.69) is 0 Å². The van der Waals surface area contributed by atoms with Crippen LogP contribution >= 0.6 is 0 Å². The second-order valence-electron chi connectivity index (χ2n) is 7.39. The Balaban J connectivity index is 0.000000220. The summed E-state index contributed by atoms with van der Waals surface area (Å²) in [6.45, 7) is 3.93. The van der Waals surface area contributed by atoms with Gasteiger partial charge in [0.15, 0.2) is 19.7 Å². The van der Waals surface area contributed by atoms with Gasteiger partial charge in [-0.15, -0.1) is 0 Å². The van der Waals surface area contributed by atoms with E-state index in [0.717, 1.165) is 27.5 Å². The normalized spacial score (nSPS) is 12.0. The highest BCUT2D eigenvalue weighted by Gasteiger charge is 2.13. The van der Waals surface area contributed by atoms with Gasteiger partial charge in [0.05, 0.1) is 9.79 Å². The van der Waals surface area contributed by atoms with Crippen molar-refractivity contribution in [1.29, 1.82) is 0 Å². The number of aryl methyl sites for hydroxylation is 2. The predicted molar refractivity (Wildman–Crippen MR) is 127 cm³/mol. The molecule has 3 aromatic rings. The molecule has 3 rings (SSSR count). The molecule has 0 saturated carbocycles. The van der Waals surface area contributed by atoms with Crippen molar-refractivity contribution in [1.82, 2.24) is 0 Å². The molecule has 8 heteroatoms. The summed E-state index contributed by atoms with van der Waals surface area (Å²) in [5, 5.41) is 2.03. The lowest BCUT2D eigenvalue weighted by Gasteiger charge is -2.09. The Hall–Kier alpha value is -2.68. The number of sulfone groups is 2. The molecule has 0 amide bonds. The van der Waals surface area contributed by atoms with E-state index in [9.17, 15) is 16.8 Å². The van der Waals surface area contributed by atoms with Gasteiger partial charge in [0, 0.05) is 19.1 Å². The molecule has 0 fully saturated rings. The summed E-state index contributed by atoms with van der Waals surface area (Å²) in [5.41, 5.74) is 14.0. The van der Waals surface area contributed by atoms with Crippen LogP contribution in [-0.2, 0) is 26.2 Å². The number of rotatable bonds is 4. The SMILES string of the molecule is Cc1cc(CN)c(/C=C\N)cc1S(C)(=O)=O.Cc1cc2ccccc2cc1S(C)(=O)=O. The van der Waals surface area contributed by atoms with Crippen LogP contribution in [0.25, 0.3) is 16.8 Å². The lowest BCUT2D eigenvalue weighted by atomic mass is 10.0. The molecular formula is C23H28N2O4S2. The van der Waals surface area contributed by atoms with Crippen LogP contribution in [-0.4, -0.2) is 29.3 Å². The highest BCUT2D eigenvalue weighted by molar-refractivity contribution is 7.91. The third kappa shape index (κ3) is 6.16. The Bertz CT molecular complexity index is 1340. The third-order valence-electron chi connectivity index (χ3n) is 4.77. The van der Waals surface area contributed by atoms with Crippen molar-refractivity contribution in [2.24, 2.45) is 11.5 Å². The molecule has 31 heavy (non-hydrogen) atoms. The average molecular weight is 461 g/mol. The molecule has 0 spiro atoms. The molecule has 6 nitrogen and oxygen atoms in total. The smallest absolute Gasteiger partial charge is 0.175 e. The Morgan fingerprint density at radius 1 is 0.806 bits per heavy atom. The van der Waals surface area contributed by atoms with Crippen LogP contribution in [0.2, 0.25) is 0 Å². The van der Waals surface area contributed by atoms with E-state index in [0.29, 0.717) is 21.9 Å². The van der Waals surface area contributed by atoms with Gasteiger partial charge in [0.2, 0.25) is 0 Å². The van der Waals surface area contributed by atoms with Gasteiger partial charge in [-0.3, -0.25) is 0 Å². The second-order valence-corrected chi connectivity index (χ2v) is 11.4. The zero-order valence-corrected chi connectivity index (χ0v) is 19.7. The monoisotopic (exact) mass is 460 g/mol. The van der Waals surface area contributed by atoms with Crippen LogP contribution in [0.15, 0.2) is 64.5 Å². The quantitative estimate of drug-likeness (QED) is 0.616. The van der Waals surface area contributed by atoms with Gasteiger partial charge in [-0.2, -0.15) is 0 Å². The lowest BCUT2D eigenvalue weighted by molar-refractivity contribution is 0.599. The van der Waals surface area contributed by atoms with E-state index < -0.39 is 19.7 Å². The van der Waals surface area contributed by atoms with Crippen molar-refractivity contribution in [2.45, 2.75) is 30.2 Å². The number of nitrogens with two attached hydrogens (primary N) is 2. The molecule has 0 aliphatic heterocycles. The van der Waals surface area contributed by atoms with E-state index in [1.54, 1.807) is 31.2 Å². The van der Waals surface area contributed by atoms with Crippen LogP contribution in [0.3, 0.4) is 0 Å². The molecule has 0 radical (unpaired) electrons. The fourth-order valence-electron chi connectivity index (χ4n) is 3.33. The maximum atomic E-state index is 11.5.